The first-order valence-corrected chi connectivity index (χ1v) is 9.79. The van der Waals surface area contributed by atoms with E-state index in [0.29, 0.717) is 23.7 Å². The lowest BCUT2D eigenvalue weighted by molar-refractivity contribution is 0.336. The highest BCUT2D eigenvalue weighted by Crippen LogP contribution is 2.27. The highest BCUT2D eigenvalue weighted by molar-refractivity contribution is 7.89. The molecule has 7 heteroatoms. The van der Waals surface area contributed by atoms with Gasteiger partial charge in [0.2, 0.25) is 10.0 Å². The Balaban J connectivity index is 1.84. The van der Waals surface area contributed by atoms with E-state index in [4.69, 9.17) is 0 Å². The molecule has 1 aromatic carbocycles. The maximum absolute atomic E-state index is 12.9. The minimum atomic E-state index is -3.43. The molecular formula is C16H24N4O2S. The second kappa shape index (κ2) is 6.97. The number of aryl methyl sites for hydroxylation is 1. The molecule has 0 bridgehead atoms. The molecule has 0 saturated carbocycles. The predicted octanol–water partition coefficient (Wildman–Crippen LogP) is 3.26. The first-order valence-electron chi connectivity index (χ1n) is 8.35. The van der Waals surface area contributed by atoms with Crippen molar-refractivity contribution in [2.24, 2.45) is 10.3 Å². The lowest BCUT2D eigenvalue weighted by atomic mass is 10.2. The summed E-state index contributed by atoms with van der Waals surface area (Å²) in [6.45, 7) is 4.91. The summed E-state index contributed by atoms with van der Waals surface area (Å²) in [6.07, 6.45) is 5.26. The summed E-state index contributed by atoms with van der Waals surface area (Å²) in [6, 6.07) is 5.29. The van der Waals surface area contributed by atoms with Crippen molar-refractivity contribution in [1.82, 2.24) is 9.31 Å². The number of benzene rings is 1. The molecule has 3 rings (SSSR count). The lowest BCUT2D eigenvalue weighted by Crippen LogP contribution is -2.35. The fraction of sp³-hybridized carbons (Fsp3) is 0.625. The number of hydrogen-bond acceptors (Lipinski definition) is 4. The molecule has 0 atom stereocenters. The molecular weight excluding hydrogens is 312 g/mol. The van der Waals surface area contributed by atoms with Crippen LogP contribution in [0.1, 0.15) is 37.7 Å². The summed E-state index contributed by atoms with van der Waals surface area (Å²) in [5, 5.41) is 10.4. The molecule has 0 amide bonds. The Kier molecular flexibility index (Phi) is 4.96. The Hall–Kier alpha value is -1.47. The van der Waals surface area contributed by atoms with Crippen molar-refractivity contribution < 1.29 is 8.42 Å². The van der Waals surface area contributed by atoms with Crippen LogP contribution in [0.15, 0.2) is 33.4 Å². The van der Waals surface area contributed by atoms with Gasteiger partial charge in [0.05, 0.1) is 10.6 Å². The number of nitrogens with zero attached hydrogens (tertiary/aromatic N) is 4. The Morgan fingerprint density at radius 1 is 0.957 bits per heavy atom. The van der Waals surface area contributed by atoms with Crippen LogP contribution in [0, 0.1) is 6.92 Å². The normalized spacial score (nSPS) is 20.5. The number of piperidine rings is 1. The molecule has 0 spiro atoms. The van der Waals surface area contributed by atoms with Crippen LogP contribution in [0.2, 0.25) is 0 Å². The number of sulfonamides is 1. The van der Waals surface area contributed by atoms with Crippen LogP contribution in [0.4, 0.5) is 5.69 Å². The van der Waals surface area contributed by atoms with Crippen molar-refractivity contribution in [3.63, 3.8) is 0 Å². The average molecular weight is 336 g/mol. The zero-order chi connectivity index (χ0) is 16.3. The maximum atomic E-state index is 12.9. The number of rotatable bonds is 4. The summed E-state index contributed by atoms with van der Waals surface area (Å²) in [5.74, 6) is 0. The molecule has 2 aliphatic rings. The summed E-state index contributed by atoms with van der Waals surface area (Å²) in [5.41, 5.74) is 1.36. The van der Waals surface area contributed by atoms with Crippen LogP contribution in [0.3, 0.4) is 0 Å². The van der Waals surface area contributed by atoms with E-state index in [0.717, 1.165) is 50.8 Å². The molecule has 23 heavy (non-hydrogen) atoms. The molecule has 6 nitrogen and oxygen atoms in total. The van der Waals surface area contributed by atoms with Crippen molar-refractivity contribution in [3.8, 4) is 0 Å². The fourth-order valence-corrected chi connectivity index (χ4v) is 4.84. The zero-order valence-corrected chi connectivity index (χ0v) is 14.4. The molecule has 126 valence electrons. The van der Waals surface area contributed by atoms with Crippen LogP contribution in [0.25, 0.3) is 0 Å². The second-order valence-corrected chi connectivity index (χ2v) is 8.17. The highest BCUT2D eigenvalue weighted by atomic mass is 32.2. The Morgan fingerprint density at radius 2 is 1.61 bits per heavy atom. The molecule has 0 unspecified atom stereocenters. The van der Waals surface area contributed by atoms with Crippen molar-refractivity contribution in [2.45, 2.75) is 43.9 Å². The summed E-state index contributed by atoms with van der Waals surface area (Å²) < 4.78 is 27.3. The standard InChI is InChI=1S/C16H24N4O2S/c1-14-7-8-15(17-18-19-9-5-6-10-19)13-16(14)23(21,22)20-11-3-2-4-12-20/h7-8,13H,2-6,9-12H2,1H3. The van der Waals surface area contributed by atoms with Crippen molar-refractivity contribution in [1.29, 1.82) is 0 Å². The minimum Gasteiger partial charge on any atom is -0.278 e. The molecule has 2 heterocycles. The average Bonchev–Trinajstić information content (AvgIpc) is 3.08. The molecule has 0 radical (unpaired) electrons. The Labute approximate surface area is 138 Å². The van der Waals surface area contributed by atoms with Crippen molar-refractivity contribution in [3.05, 3.63) is 23.8 Å². The van der Waals surface area contributed by atoms with Gasteiger partial charge in [0.25, 0.3) is 0 Å². The van der Waals surface area contributed by atoms with Gasteiger partial charge < -0.3 is 0 Å². The molecule has 0 aromatic heterocycles. The smallest absolute Gasteiger partial charge is 0.243 e. The molecule has 0 N–H and O–H groups in total. The van der Waals surface area contributed by atoms with Gasteiger partial charge in [-0.3, -0.25) is 5.01 Å². The largest absolute Gasteiger partial charge is 0.278 e. The maximum Gasteiger partial charge on any atom is 0.243 e. The third-order valence-electron chi connectivity index (χ3n) is 4.47. The molecule has 2 fully saturated rings. The van der Waals surface area contributed by atoms with E-state index in [9.17, 15) is 8.42 Å². The van der Waals surface area contributed by atoms with Crippen molar-refractivity contribution >= 4 is 15.7 Å². The van der Waals surface area contributed by atoms with Crippen LogP contribution in [0.5, 0.6) is 0 Å². The van der Waals surface area contributed by atoms with E-state index < -0.39 is 10.0 Å². The monoisotopic (exact) mass is 336 g/mol. The van der Waals surface area contributed by atoms with E-state index in [2.05, 4.69) is 10.3 Å². The Bertz CT molecular complexity index is 675. The van der Waals surface area contributed by atoms with Crippen LogP contribution in [-0.4, -0.2) is 43.9 Å². The summed E-state index contributed by atoms with van der Waals surface area (Å²) in [4.78, 5) is 0.359. The van der Waals surface area contributed by atoms with E-state index in [1.807, 2.05) is 24.1 Å². The number of hydrogen-bond donors (Lipinski definition) is 0. The van der Waals surface area contributed by atoms with Crippen LogP contribution < -0.4 is 0 Å². The molecule has 2 aliphatic heterocycles. The summed E-state index contributed by atoms with van der Waals surface area (Å²) in [7, 11) is -3.43. The SMILES string of the molecule is Cc1ccc(N=NN2CCCC2)cc1S(=O)(=O)N1CCCCC1. The highest BCUT2D eigenvalue weighted by Gasteiger charge is 2.27. The van der Waals surface area contributed by atoms with Gasteiger partial charge in [-0.2, -0.15) is 4.31 Å². The predicted molar refractivity (Wildman–Crippen MR) is 89.1 cm³/mol. The van der Waals surface area contributed by atoms with E-state index >= 15 is 0 Å². The van der Waals surface area contributed by atoms with Crippen LogP contribution in [-0.2, 0) is 10.0 Å². The van der Waals surface area contributed by atoms with Gasteiger partial charge in [0.15, 0.2) is 0 Å². The lowest BCUT2D eigenvalue weighted by Gasteiger charge is -2.26. The van der Waals surface area contributed by atoms with Gasteiger partial charge in [-0.05, 0) is 50.3 Å². The van der Waals surface area contributed by atoms with Gasteiger partial charge in [0, 0.05) is 26.2 Å². The third-order valence-corrected chi connectivity index (χ3v) is 6.51. The molecule has 1 aromatic rings. The van der Waals surface area contributed by atoms with Gasteiger partial charge in [0.1, 0.15) is 0 Å². The Morgan fingerprint density at radius 3 is 2.30 bits per heavy atom. The first kappa shape index (κ1) is 16.4. The van der Waals surface area contributed by atoms with Gasteiger partial charge in [-0.15, -0.1) is 5.11 Å². The zero-order valence-electron chi connectivity index (χ0n) is 13.6. The molecule has 0 aliphatic carbocycles. The van der Waals surface area contributed by atoms with E-state index in [1.54, 1.807) is 10.4 Å². The van der Waals surface area contributed by atoms with E-state index in [1.165, 1.54) is 0 Å². The van der Waals surface area contributed by atoms with Gasteiger partial charge >= 0.3 is 0 Å². The first-order chi connectivity index (χ1) is 11.1. The quantitative estimate of drug-likeness (QED) is 0.793. The van der Waals surface area contributed by atoms with E-state index in [-0.39, 0.29) is 0 Å². The third kappa shape index (κ3) is 3.72. The second-order valence-electron chi connectivity index (χ2n) is 6.26. The van der Waals surface area contributed by atoms with Crippen LogP contribution >= 0.6 is 0 Å². The van der Waals surface area contributed by atoms with Crippen molar-refractivity contribution in [2.75, 3.05) is 26.2 Å². The topological polar surface area (TPSA) is 65.3 Å². The van der Waals surface area contributed by atoms with Gasteiger partial charge in [-0.25, -0.2) is 8.42 Å². The molecule has 2 saturated heterocycles. The van der Waals surface area contributed by atoms with Gasteiger partial charge in [-0.1, -0.05) is 17.7 Å². The minimum absolute atomic E-state index is 0.359. The summed E-state index contributed by atoms with van der Waals surface area (Å²) >= 11 is 0. The fourth-order valence-electron chi connectivity index (χ4n) is 3.08.